The highest BCUT2D eigenvalue weighted by atomic mass is 16.5. The summed E-state index contributed by atoms with van der Waals surface area (Å²) in [6.45, 7) is 2.96. The lowest BCUT2D eigenvalue weighted by Gasteiger charge is -2.11. The van der Waals surface area contributed by atoms with Crippen LogP contribution in [0.25, 0.3) is 0 Å². The quantitative estimate of drug-likeness (QED) is 0.682. The van der Waals surface area contributed by atoms with Crippen LogP contribution in [-0.2, 0) is 6.54 Å². The molecule has 3 N–H and O–H groups in total. The maximum absolute atomic E-state index is 9.78. The highest BCUT2D eigenvalue weighted by molar-refractivity contribution is 5.45. The number of aromatic hydroxyl groups is 1. The van der Waals surface area contributed by atoms with Gasteiger partial charge in [0.1, 0.15) is 0 Å². The van der Waals surface area contributed by atoms with Crippen LogP contribution in [0.3, 0.4) is 0 Å². The molecule has 1 aromatic rings. The van der Waals surface area contributed by atoms with E-state index in [2.05, 4.69) is 5.32 Å². The fraction of sp³-hybridized carbons (Fsp3) is 0.500. The Bertz CT molecular complexity index is 328. The van der Waals surface area contributed by atoms with Gasteiger partial charge in [-0.15, -0.1) is 0 Å². The van der Waals surface area contributed by atoms with Crippen LogP contribution in [0.4, 0.5) is 0 Å². The zero-order chi connectivity index (χ0) is 12.0. The van der Waals surface area contributed by atoms with E-state index in [9.17, 15) is 10.2 Å². The molecular formula is C12H19NO3. The lowest BCUT2D eigenvalue weighted by atomic mass is 10.2. The van der Waals surface area contributed by atoms with E-state index in [0.717, 1.165) is 12.0 Å². The molecule has 4 nitrogen and oxygen atoms in total. The highest BCUT2D eigenvalue weighted by Crippen LogP contribution is 2.28. The minimum Gasteiger partial charge on any atom is -0.504 e. The summed E-state index contributed by atoms with van der Waals surface area (Å²) in [6.07, 6.45) is 0.379. The van der Waals surface area contributed by atoms with Crippen molar-refractivity contribution >= 4 is 0 Å². The molecule has 0 aliphatic carbocycles. The number of methoxy groups -OCH3 is 1. The normalized spacial score (nSPS) is 12.4. The van der Waals surface area contributed by atoms with E-state index in [0.29, 0.717) is 18.8 Å². The third-order valence-corrected chi connectivity index (χ3v) is 2.47. The molecule has 1 aromatic carbocycles. The van der Waals surface area contributed by atoms with Gasteiger partial charge in [0.05, 0.1) is 13.2 Å². The fourth-order valence-electron chi connectivity index (χ4n) is 1.39. The summed E-state index contributed by atoms with van der Waals surface area (Å²) < 4.78 is 5.01. The number of ether oxygens (including phenoxy) is 1. The number of hydrogen-bond donors (Lipinski definition) is 3. The predicted octanol–water partition coefficient (Wildman–Crippen LogP) is 1.26. The van der Waals surface area contributed by atoms with E-state index in [-0.39, 0.29) is 11.9 Å². The van der Waals surface area contributed by atoms with Crippen molar-refractivity contribution in [2.75, 3.05) is 13.7 Å². The van der Waals surface area contributed by atoms with Crippen molar-refractivity contribution in [2.45, 2.75) is 26.0 Å². The standard InChI is InChI=1S/C12H19NO3/c1-3-10(14)8-13-7-9-5-4-6-11(16-2)12(9)15/h4-6,10,13-15H,3,7-8H2,1-2H3. The third-order valence-electron chi connectivity index (χ3n) is 2.47. The van der Waals surface area contributed by atoms with Gasteiger partial charge in [0.25, 0.3) is 0 Å². The first-order valence-corrected chi connectivity index (χ1v) is 5.42. The van der Waals surface area contributed by atoms with E-state index in [1.54, 1.807) is 6.07 Å². The van der Waals surface area contributed by atoms with Gasteiger partial charge in [-0.05, 0) is 12.5 Å². The number of rotatable bonds is 6. The Kier molecular flexibility index (Phi) is 5.08. The number of phenolic OH excluding ortho intramolecular Hbond substituents is 1. The van der Waals surface area contributed by atoms with Crippen molar-refractivity contribution in [3.63, 3.8) is 0 Å². The van der Waals surface area contributed by atoms with Gasteiger partial charge in [-0.1, -0.05) is 19.1 Å². The Labute approximate surface area is 95.9 Å². The van der Waals surface area contributed by atoms with E-state index in [1.165, 1.54) is 7.11 Å². The van der Waals surface area contributed by atoms with Crippen molar-refractivity contribution < 1.29 is 14.9 Å². The number of benzene rings is 1. The molecule has 0 saturated carbocycles. The van der Waals surface area contributed by atoms with Gasteiger partial charge in [0.2, 0.25) is 0 Å². The van der Waals surface area contributed by atoms with Crippen LogP contribution >= 0.6 is 0 Å². The van der Waals surface area contributed by atoms with Crippen molar-refractivity contribution in [1.29, 1.82) is 0 Å². The van der Waals surface area contributed by atoms with E-state index in [4.69, 9.17) is 4.74 Å². The van der Waals surface area contributed by atoms with Gasteiger partial charge < -0.3 is 20.3 Å². The van der Waals surface area contributed by atoms with Gasteiger partial charge in [-0.2, -0.15) is 0 Å². The summed E-state index contributed by atoms with van der Waals surface area (Å²) in [4.78, 5) is 0. The molecule has 0 aliphatic rings. The van der Waals surface area contributed by atoms with Gasteiger partial charge in [-0.3, -0.25) is 0 Å². The number of phenols is 1. The van der Waals surface area contributed by atoms with Crippen LogP contribution in [0.5, 0.6) is 11.5 Å². The second-order valence-electron chi connectivity index (χ2n) is 3.66. The van der Waals surface area contributed by atoms with Crippen LogP contribution in [0.1, 0.15) is 18.9 Å². The molecule has 0 heterocycles. The molecule has 4 heteroatoms. The SMILES string of the molecule is CCC(O)CNCc1cccc(OC)c1O. The summed E-state index contributed by atoms with van der Waals surface area (Å²) in [5.74, 6) is 0.624. The highest BCUT2D eigenvalue weighted by Gasteiger charge is 2.07. The second-order valence-corrected chi connectivity index (χ2v) is 3.66. The zero-order valence-electron chi connectivity index (χ0n) is 9.73. The smallest absolute Gasteiger partial charge is 0.162 e. The van der Waals surface area contributed by atoms with Crippen molar-refractivity contribution in [3.05, 3.63) is 23.8 Å². The molecule has 0 amide bonds. The molecule has 0 bridgehead atoms. The minimum atomic E-state index is -0.340. The summed E-state index contributed by atoms with van der Waals surface area (Å²) in [5.41, 5.74) is 0.766. The zero-order valence-corrected chi connectivity index (χ0v) is 9.73. The van der Waals surface area contributed by atoms with Crippen molar-refractivity contribution in [1.82, 2.24) is 5.32 Å². The maximum atomic E-state index is 9.78. The number of nitrogens with one attached hydrogen (secondary N) is 1. The minimum absolute atomic E-state index is 0.156. The van der Waals surface area contributed by atoms with E-state index in [1.807, 2.05) is 19.1 Å². The Morgan fingerprint density at radius 2 is 2.19 bits per heavy atom. The first kappa shape index (κ1) is 12.8. The maximum Gasteiger partial charge on any atom is 0.162 e. The lowest BCUT2D eigenvalue weighted by molar-refractivity contribution is 0.167. The monoisotopic (exact) mass is 225 g/mol. The van der Waals surface area contributed by atoms with Gasteiger partial charge >= 0.3 is 0 Å². The number of aliphatic hydroxyl groups is 1. The van der Waals surface area contributed by atoms with Crippen molar-refractivity contribution in [2.24, 2.45) is 0 Å². The van der Waals surface area contributed by atoms with Crippen LogP contribution in [0, 0.1) is 0 Å². The molecule has 0 saturated heterocycles. The Morgan fingerprint density at radius 3 is 2.81 bits per heavy atom. The Morgan fingerprint density at radius 1 is 1.44 bits per heavy atom. The van der Waals surface area contributed by atoms with E-state index < -0.39 is 0 Å². The summed E-state index contributed by atoms with van der Waals surface area (Å²) in [6, 6.07) is 5.36. The molecule has 1 atom stereocenters. The summed E-state index contributed by atoms with van der Waals surface area (Å²) in [5, 5.41) is 22.2. The first-order valence-electron chi connectivity index (χ1n) is 5.42. The molecule has 90 valence electrons. The molecule has 0 spiro atoms. The molecule has 0 fully saturated rings. The van der Waals surface area contributed by atoms with Crippen LogP contribution in [-0.4, -0.2) is 30.0 Å². The number of aliphatic hydroxyl groups excluding tert-OH is 1. The number of hydrogen-bond acceptors (Lipinski definition) is 4. The third kappa shape index (κ3) is 3.40. The van der Waals surface area contributed by atoms with Crippen molar-refractivity contribution in [3.8, 4) is 11.5 Å². The van der Waals surface area contributed by atoms with Crippen LogP contribution in [0.15, 0.2) is 18.2 Å². The Hall–Kier alpha value is -1.26. The van der Waals surface area contributed by atoms with E-state index >= 15 is 0 Å². The Balaban J connectivity index is 2.54. The molecule has 0 radical (unpaired) electrons. The van der Waals surface area contributed by atoms with Gasteiger partial charge in [0.15, 0.2) is 11.5 Å². The second kappa shape index (κ2) is 6.35. The van der Waals surface area contributed by atoms with Gasteiger partial charge in [0, 0.05) is 18.7 Å². The number of para-hydroxylation sites is 1. The molecular weight excluding hydrogens is 206 g/mol. The summed E-state index contributed by atoms with van der Waals surface area (Å²) in [7, 11) is 1.52. The molecule has 0 aromatic heterocycles. The van der Waals surface area contributed by atoms with Crippen LogP contribution < -0.4 is 10.1 Å². The molecule has 16 heavy (non-hydrogen) atoms. The topological polar surface area (TPSA) is 61.7 Å². The average Bonchev–Trinajstić information content (AvgIpc) is 2.31. The molecule has 1 rings (SSSR count). The summed E-state index contributed by atoms with van der Waals surface area (Å²) >= 11 is 0. The molecule has 0 aliphatic heterocycles. The lowest BCUT2D eigenvalue weighted by Crippen LogP contribution is -2.25. The van der Waals surface area contributed by atoms with Crippen LogP contribution in [0.2, 0.25) is 0 Å². The fourth-order valence-corrected chi connectivity index (χ4v) is 1.39. The predicted molar refractivity (Wildman–Crippen MR) is 62.7 cm³/mol. The molecule has 1 unspecified atom stereocenters. The van der Waals surface area contributed by atoms with Gasteiger partial charge in [-0.25, -0.2) is 0 Å². The largest absolute Gasteiger partial charge is 0.504 e. The first-order chi connectivity index (χ1) is 7.69. The average molecular weight is 225 g/mol.